The van der Waals surface area contributed by atoms with Crippen LogP contribution in [0.25, 0.3) is 0 Å². The molecule has 0 bridgehead atoms. The number of amides is 3. The highest BCUT2D eigenvalue weighted by Gasteiger charge is 2.45. The maximum atomic E-state index is 15.5. The zero-order chi connectivity index (χ0) is 29.0. The summed E-state index contributed by atoms with van der Waals surface area (Å²) >= 11 is 0.941. The number of rotatable bonds is 9. The fourth-order valence-corrected chi connectivity index (χ4v) is 5.30. The smallest absolute Gasteiger partial charge is 0.432 e. The SMILES string of the molecule is CCOC(=O)N1c2sc(C(=O)NC(C)(C)c3ccccc3)cc2C(NC(=O)c2ccc(CNC(C)C)cc2)N1F. The molecule has 40 heavy (non-hydrogen) atoms. The number of nitrogens with one attached hydrogen (secondary N) is 3. The van der Waals surface area contributed by atoms with E-state index in [1.807, 2.05) is 70.2 Å². The van der Waals surface area contributed by atoms with Crippen molar-refractivity contribution in [3.05, 3.63) is 87.8 Å². The molecule has 0 aliphatic carbocycles. The van der Waals surface area contributed by atoms with Crippen LogP contribution in [-0.4, -0.2) is 35.8 Å². The molecule has 212 valence electrons. The number of benzene rings is 2. The second kappa shape index (κ2) is 12.2. The summed E-state index contributed by atoms with van der Waals surface area (Å²) in [5.41, 5.74) is 1.82. The van der Waals surface area contributed by atoms with E-state index in [1.165, 1.54) is 6.07 Å². The monoisotopic (exact) mass is 567 g/mol. The molecule has 3 amide bonds. The summed E-state index contributed by atoms with van der Waals surface area (Å²) < 4.78 is 20.6. The third-order valence-corrected chi connectivity index (χ3v) is 7.54. The number of hydrogen-bond acceptors (Lipinski definition) is 7. The van der Waals surface area contributed by atoms with Crippen molar-refractivity contribution in [2.24, 2.45) is 0 Å². The minimum Gasteiger partial charge on any atom is -0.448 e. The minimum absolute atomic E-state index is 0.0253. The lowest BCUT2D eigenvalue weighted by atomic mass is 9.94. The minimum atomic E-state index is -1.34. The van der Waals surface area contributed by atoms with Gasteiger partial charge in [-0.1, -0.05) is 56.3 Å². The summed E-state index contributed by atoms with van der Waals surface area (Å²) in [4.78, 5) is 39.3. The predicted octanol–water partition coefficient (Wildman–Crippen LogP) is 5.42. The van der Waals surface area contributed by atoms with Crippen LogP contribution in [0.4, 0.5) is 14.3 Å². The van der Waals surface area contributed by atoms with Gasteiger partial charge in [-0.25, -0.2) is 4.79 Å². The lowest BCUT2D eigenvalue weighted by Crippen LogP contribution is -2.44. The molecule has 9 nitrogen and oxygen atoms in total. The van der Waals surface area contributed by atoms with Gasteiger partial charge in [0.05, 0.1) is 17.0 Å². The van der Waals surface area contributed by atoms with E-state index in [2.05, 4.69) is 16.0 Å². The normalized spacial score (nSPS) is 15.2. The molecule has 3 aromatic rings. The van der Waals surface area contributed by atoms with Gasteiger partial charge in [0.25, 0.3) is 11.8 Å². The molecular weight excluding hydrogens is 533 g/mol. The molecule has 4 rings (SSSR count). The van der Waals surface area contributed by atoms with Gasteiger partial charge in [0.15, 0.2) is 6.17 Å². The van der Waals surface area contributed by atoms with Gasteiger partial charge in [0.1, 0.15) is 5.00 Å². The van der Waals surface area contributed by atoms with Crippen LogP contribution >= 0.6 is 11.3 Å². The Morgan fingerprint density at radius 3 is 2.35 bits per heavy atom. The van der Waals surface area contributed by atoms with Crippen LogP contribution in [0.15, 0.2) is 60.7 Å². The molecule has 2 aromatic carbocycles. The Morgan fingerprint density at radius 2 is 1.73 bits per heavy atom. The van der Waals surface area contributed by atoms with E-state index in [-0.39, 0.29) is 27.3 Å². The molecule has 2 heterocycles. The molecule has 11 heteroatoms. The van der Waals surface area contributed by atoms with Gasteiger partial charge in [-0.2, -0.15) is 5.01 Å². The molecule has 1 aliphatic rings. The van der Waals surface area contributed by atoms with Gasteiger partial charge in [0.2, 0.25) is 0 Å². The summed E-state index contributed by atoms with van der Waals surface area (Å²) in [6, 6.07) is 18.3. The number of carbonyl (C=O) groups excluding carboxylic acids is 3. The molecular formula is C29H34FN5O4S. The Labute approximate surface area is 237 Å². The van der Waals surface area contributed by atoms with Gasteiger partial charge in [0, 0.05) is 23.7 Å². The summed E-state index contributed by atoms with van der Waals surface area (Å²) in [6.45, 7) is 10.1. The number of hydrogen-bond donors (Lipinski definition) is 3. The quantitative estimate of drug-likeness (QED) is 0.299. The van der Waals surface area contributed by atoms with Crippen LogP contribution in [0, 0.1) is 0 Å². The number of halogens is 1. The van der Waals surface area contributed by atoms with Crippen LogP contribution in [0.1, 0.15) is 77.5 Å². The number of ether oxygens (including phenoxy) is 1. The second-order valence-corrected chi connectivity index (χ2v) is 11.3. The number of anilines is 1. The van der Waals surface area contributed by atoms with E-state index in [0.717, 1.165) is 22.5 Å². The first-order valence-corrected chi connectivity index (χ1v) is 13.9. The van der Waals surface area contributed by atoms with E-state index in [4.69, 9.17) is 4.74 Å². The highest BCUT2D eigenvalue weighted by atomic mass is 32.1. The zero-order valence-corrected chi connectivity index (χ0v) is 24.0. The van der Waals surface area contributed by atoms with Crippen LogP contribution in [0.3, 0.4) is 0 Å². The topological polar surface area (TPSA) is 103 Å². The van der Waals surface area contributed by atoms with E-state index in [1.54, 1.807) is 19.1 Å². The highest BCUT2D eigenvalue weighted by molar-refractivity contribution is 7.18. The molecule has 1 aliphatic heterocycles. The molecule has 1 atom stereocenters. The lowest BCUT2D eigenvalue weighted by Gasteiger charge is -2.27. The summed E-state index contributed by atoms with van der Waals surface area (Å²) in [5, 5.41) is 9.93. The van der Waals surface area contributed by atoms with E-state index in [9.17, 15) is 14.4 Å². The van der Waals surface area contributed by atoms with E-state index < -0.39 is 29.6 Å². The number of thiophene rings is 1. The van der Waals surface area contributed by atoms with Crippen LogP contribution in [0.2, 0.25) is 0 Å². The van der Waals surface area contributed by atoms with Gasteiger partial charge >= 0.3 is 6.09 Å². The van der Waals surface area contributed by atoms with Crippen molar-refractivity contribution in [2.45, 2.75) is 58.9 Å². The standard InChI is InChI=1S/C29H34FN5O4S/c1-6-39-28(38)34-27-22(16-23(40-27)26(37)33-29(4,5)21-10-8-7-9-11-21)24(35(34)30)32-25(36)20-14-12-19(13-15-20)17-31-18(2)3/h7-16,18,24,31H,6,17H2,1-5H3,(H,32,36)(H,33,37). The van der Waals surface area contributed by atoms with Crippen molar-refractivity contribution >= 4 is 34.2 Å². The van der Waals surface area contributed by atoms with Crippen molar-refractivity contribution in [1.82, 2.24) is 21.2 Å². The van der Waals surface area contributed by atoms with Crippen LogP contribution in [-0.2, 0) is 16.8 Å². The number of carbonyl (C=O) groups is 3. The second-order valence-electron chi connectivity index (χ2n) is 10.2. The Hall–Kier alpha value is -3.80. The summed E-state index contributed by atoms with van der Waals surface area (Å²) in [6.07, 6.45) is -2.29. The van der Waals surface area contributed by atoms with Crippen molar-refractivity contribution in [3.63, 3.8) is 0 Å². The van der Waals surface area contributed by atoms with Crippen molar-refractivity contribution in [2.75, 3.05) is 11.6 Å². The Kier molecular flexibility index (Phi) is 8.87. The Bertz CT molecular complexity index is 1360. The summed E-state index contributed by atoms with van der Waals surface area (Å²) in [5.74, 6) is -0.923. The van der Waals surface area contributed by atoms with Gasteiger partial charge in [-0.15, -0.1) is 15.8 Å². The van der Waals surface area contributed by atoms with Crippen molar-refractivity contribution < 1.29 is 23.6 Å². The molecule has 1 aromatic heterocycles. The van der Waals surface area contributed by atoms with Crippen molar-refractivity contribution in [1.29, 1.82) is 0 Å². The zero-order valence-electron chi connectivity index (χ0n) is 23.2. The van der Waals surface area contributed by atoms with Crippen molar-refractivity contribution in [3.8, 4) is 0 Å². The van der Waals surface area contributed by atoms with Gasteiger partial charge in [-0.3, -0.25) is 9.59 Å². The van der Waals surface area contributed by atoms with Gasteiger partial charge < -0.3 is 20.7 Å². The first kappa shape index (κ1) is 29.2. The third-order valence-electron chi connectivity index (χ3n) is 6.42. The molecule has 0 spiro atoms. The number of nitrogens with zero attached hydrogens (tertiary/aromatic N) is 2. The molecule has 0 radical (unpaired) electrons. The maximum Gasteiger partial charge on any atom is 0.432 e. The van der Waals surface area contributed by atoms with E-state index in [0.29, 0.717) is 23.2 Å². The molecule has 0 fully saturated rings. The predicted molar refractivity (Wildman–Crippen MR) is 152 cm³/mol. The average Bonchev–Trinajstić information content (AvgIpc) is 3.45. The Morgan fingerprint density at radius 1 is 1.05 bits per heavy atom. The first-order chi connectivity index (χ1) is 19.0. The fraction of sp³-hybridized carbons (Fsp3) is 0.345. The molecule has 3 N–H and O–H groups in total. The average molecular weight is 568 g/mol. The fourth-order valence-electron chi connectivity index (χ4n) is 4.24. The molecule has 1 unspecified atom stereocenters. The summed E-state index contributed by atoms with van der Waals surface area (Å²) in [7, 11) is 0. The lowest BCUT2D eigenvalue weighted by molar-refractivity contribution is -0.0324. The number of fused-ring (bicyclic) bond motifs is 1. The molecule has 0 saturated heterocycles. The first-order valence-electron chi connectivity index (χ1n) is 13.1. The van der Waals surface area contributed by atoms with E-state index >= 15 is 4.48 Å². The Balaban J connectivity index is 1.57. The maximum absolute atomic E-state index is 15.5. The largest absolute Gasteiger partial charge is 0.448 e. The highest BCUT2D eigenvalue weighted by Crippen LogP contribution is 2.45. The van der Waals surface area contributed by atoms with Crippen LogP contribution in [0.5, 0.6) is 0 Å². The third kappa shape index (κ3) is 6.33. The molecule has 0 saturated carbocycles. The number of hydrazine groups is 1. The van der Waals surface area contributed by atoms with Gasteiger partial charge in [-0.05, 0) is 55.3 Å². The van der Waals surface area contributed by atoms with Crippen LogP contribution < -0.4 is 21.0 Å².